The maximum Gasteiger partial charge on any atom is 0.257 e. The fourth-order valence-corrected chi connectivity index (χ4v) is 6.36. The van der Waals surface area contributed by atoms with Crippen molar-refractivity contribution in [1.82, 2.24) is 25.8 Å². The van der Waals surface area contributed by atoms with Crippen LogP contribution in [0.3, 0.4) is 0 Å². The number of hydrogen-bond acceptors (Lipinski definition) is 5. The second kappa shape index (κ2) is 13.7. The summed E-state index contributed by atoms with van der Waals surface area (Å²) in [4.78, 5) is 57.1. The van der Waals surface area contributed by atoms with Crippen LogP contribution >= 0.6 is 0 Å². The monoisotopic (exact) mass is 591 g/mol. The maximum absolute atomic E-state index is 14.8. The zero-order valence-corrected chi connectivity index (χ0v) is 25.0. The van der Waals surface area contributed by atoms with Gasteiger partial charge in [-0.2, -0.15) is 0 Å². The van der Waals surface area contributed by atoms with E-state index in [-0.39, 0.29) is 48.3 Å². The van der Waals surface area contributed by atoms with Crippen LogP contribution in [0.1, 0.15) is 73.5 Å². The molecular formula is C33H42FN5O4. The summed E-state index contributed by atoms with van der Waals surface area (Å²) in [6.45, 7) is 4.67. The second-order valence-corrected chi connectivity index (χ2v) is 12.3. The van der Waals surface area contributed by atoms with Crippen molar-refractivity contribution in [2.24, 2.45) is 5.92 Å². The molecule has 2 aromatic rings. The lowest BCUT2D eigenvalue weighted by atomic mass is 10.0. The van der Waals surface area contributed by atoms with Crippen LogP contribution in [0.2, 0.25) is 0 Å². The SMILES string of the molecule is CC(C)[C@@H]1CN(C(=O)[C@H]2CC[C@H](c3ccccc3)N2)CC(=O)NCCCc2ccc(F)c(c2)C(=O)N2CCC[C@H]2C(=O)N1. The van der Waals surface area contributed by atoms with Gasteiger partial charge in [0.25, 0.3) is 5.91 Å². The molecule has 3 aliphatic rings. The number of carbonyl (C=O) groups excluding carboxylic acids is 4. The zero-order chi connectivity index (χ0) is 30.5. The molecule has 2 saturated heterocycles. The minimum absolute atomic E-state index is 0.0411. The number of nitrogens with one attached hydrogen (secondary N) is 3. The van der Waals surface area contributed by atoms with Gasteiger partial charge in [0.2, 0.25) is 17.7 Å². The Morgan fingerprint density at radius 2 is 1.79 bits per heavy atom. The number of carbonyl (C=O) groups is 4. The van der Waals surface area contributed by atoms with Gasteiger partial charge >= 0.3 is 0 Å². The normalized spacial score (nSPS) is 25.7. The van der Waals surface area contributed by atoms with E-state index < -0.39 is 29.8 Å². The molecule has 3 aliphatic heterocycles. The second-order valence-electron chi connectivity index (χ2n) is 12.3. The number of nitrogens with zero attached hydrogens (tertiary/aromatic N) is 2. The average Bonchev–Trinajstić information content (AvgIpc) is 3.69. The molecule has 2 bridgehead atoms. The van der Waals surface area contributed by atoms with Crippen molar-refractivity contribution in [1.29, 1.82) is 0 Å². The van der Waals surface area contributed by atoms with Crippen molar-refractivity contribution in [3.8, 4) is 0 Å². The van der Waals surface area contributed by atoms with E-state index in [0.717, 1.165) is 17.5 Å². The van der Waals surface area contributed by atoms with Crippen LogP contribution in [0, 0.1) is 11.7 Å². The molecular weight excluding hydrogens is 549 g/mol. The van der Waals surface area contributed by atoms with Gasteiger partial charge in [-0.1, -0.05) is 50.2 Å². The fourth-order valence-electron chi connectivity index (χ4n) is 6.36. The van der Waals surface area contributed by atoms with Gasteiger partial charge in [0.1, 0.15) is 11.9 Å². The van der Waals surface area contributed by atoms with Crippen molar-refractivity contribution < 1.29 is 23.6 Å². The van der Waals surface area contributed by atoms with Crippen molar-refractivity contribution in [3.05, 3.63) is 71.0 Å². The predicted octanol–water partition coefficient (Wildman–Crippen LogP) is 2.96. The van der Waals surface area contributed by atoms with Crippen LogP contribution in [-0.4, -0.2) is 77.7 Å². The number of halogens is 1. The Bertz CT molecular complexity index is 1340. The summed E-state index contributed by atoms with van der Waals surface area (Å²) in [7, 11) is 0. The largest absolute Gasteiger partial charge is 0.355 e. The van der Waals surface area contributed by atoms with Crippen molar-refractivity contribution >= 4 is 23.6 Å². The van der Waals surface area contributed by atoms with Crippen molar-refractivity contribution in [2.45, 2.75) is 76.5 Å². The first-order valence-corrected chi connectivity index (χ1v) is 15.5. The average molecular weight is 592 g/mol. The smallest absolute Gasteiger partial charge is 0.257 e. The number of aryl methyl sites for hydroxylation is 1. The Morgan fingerprint density at radius 1 is 1.00 bits per heavy atom. The molecule has 43 heavy (non-hydrogen) atoms. The highest BCUT2D eigenvalue weighted by Gasteiger charge is 2.38. The van der Waals surface area contributed by atoms with E-state index in [1.165, 1.54) is 11.0 Å². The molecule has 0 spiro atoms. The van der Waals surface area contributed by atoms with Crippen LogP contribution in [0.15, 0.2) is 48.5 Å². The summed E-state index contributed by atoms with van der Waals surface area (Å²) in [6, 6.07) is 12.9. The van der Waals surface area contributed by atoms with E-state index in [0.29, 0.717) is 45.2 Å². The summed E-state index contributed by atoms with van der Waals surface area (Å²) in [6.07, 6.45) is 3.68. The number of benzene rings is 2. The van der Waals surface area contributed by atoms with Gasteiger partial charge in [-0.15, -0.1) is 0 Å². The highest BCUT2D eigenvalue weighted by Crippen LogP contribution is 2.28. The maximum atomic E-state index is 14.8. The molecule has 2 aromatic carbocycles. The molecule has 5 rings (SSSR count). The van der Waals surface area contributed by atoms with Crippen LogP contribution in [0.4, 0.5) is 4.39 Å². The molecule has 0 radical (unpaired) electrons. The molecule has 0 saturated carbocycles. The molecule has 3 N–H and O–H groups in total. The van der Waals surface area contributed by atoms with Crippen LogP contribution in [-0.2, 0) is 20.8 Å². The van der Waals surface area contributed by atoms with Crippen molar-refractivity contribution in [2.75, 3.05) is 26.2 Å². The number of fused-ring (bicyclic) bond motifs is 3. The number of hydrogen-bond donors (Lipinski definition) is 3. The van der Waals surface area contributed by atoms with Gasteiger partial charge in [-0.3, -0.25) is 24.5 Å². The van der Waals surface area contributed by atoms with Gasteiger partial charge in [0.15, 0.2) is 0 Å². The first-order valence-electron chi connectivity index (χ1n) is 15.5. The van der Waals surface area contributed by atoms with E-state index in [2.05, 4.69) is 16.0 Å². The third-order valence-electron chi connectivity index (χ3n) is 8.88. The van der Waals surface area contributed by atoms with Crippen molar-refractivity contribution in [3.63, 3.8) is 0 Å². The third kappa shape index (κ3) is 7.24. The van der Waals surface area contributed by atoms with E-state index >= 15 is 0 Å². The minimum Gasteiger partial charge on any atom is -0.355 e. The number of rotatable bonds is 3. The summed E-state index contributed by atoms with van der Waals surface area (Å²) in [5, 5.41) is 9.44. The van der Waals surface area contributed by atoms with E-state index in [9.17, 15) is 23.6 Å². The predicted molar refractivity (Wildman–Crippen MR) is 160 cm³/mol. The van der Waals surface area contributed by atoms with E-state index in [1.807, 2.05) is 44.2 Å². The van der Waals surface area contributed by atoms with Crippen LogP contribution in [0.25, 0.3) is 0 Å². The lowest BCUT2D eigenvalue weighted by Gasteiger charge is -2.33. The molecule has 4 amide bonds. The van der Waals surface area contributed by atoms with Gasteiger partial charge in [-0.25, -0.2) is 4.39 Å². The van der Waals surface area contributed by atoms with Gasteiger partial charge in [-0.05, 0) is 67.7 Å². The first-order chi connectivity index (χ1) is 20.7. The Hall–Kier alpha value is -3.79. The molecule has 2 fully saturated rings. The minimum atomic E-state index is -0.733. The third-order valence-corrected chi connectivity index (χ3v) is 8.88. The molecule has 4 atom stereocenters. The Morgan fingerprint density at radius 3 is 2.56 bits per heavy atom. The van der Waals surface area contributed by atoms with Crippen LogP contribution in [0.5, 0.6) is 0 Å². The quantitative estimate of drug-likeness (QED) is 0.509. The van der Waals surface area contributed by atoms with E-state index in [1.54, 1.807) is 17.0 Å². The summed E-state index contributed by atoms with van der Waals surface area (Å²) in [5.74, 6) is -1.94. The highest BCUT2D eigenvalue weighted by atomic mass is 19.1. The zero-order valence-electron chi connectivity index (χ0n) is 25.0. The first kappa shape index (κ1) is 30.7. The Balaban J connectivity index is 1.38. The summed E-state index contributed by atoms with van der Waals surface area (Å²) in [5.41, 5.74) is 1.86. The molecule has 0 unspecified atom stereocenters. The molecule has 10 heteroatoms. The topological polar surface area (TPSA) is 111 Å². The molecule has 9 nitrogen and oxygen atoms in total. The van der Waals surface area contributed by atoms with Gasteiger partial charge in [0.05, 0.1) is 18.2 Å². The summed E-state index contributed by atoms with van der Waals surface area (Å²) < 4.78 is 14.8. The highest BCUT2D eigenvalue weighted by molar-refractivity contribution is 5.98. The lowest BCUT2D eigenvalue weighted by molar-refractivity contribution is -0.138. The lowest BCUT2D eigenvalue weighted by Crippen LogP contribution is -2.56. The van der Waals surface area contributed by atoms with E-state index in [4.69, 9.17) is 0 Å². The fraction of sp³-hybridized carbons (Fsp3) is 0.515. The standard InChI is InChI=1S/C33H42FN5O4/c1-21(2)28-19-38(33(43)27-15-14-26(36-27)23-9-4-3-5-10-23)20-30(40)35-16-6-8-22-12-13-25(34)24(18-22)32(42)39-17-7-11-29(39)31(41)37-28/h3-5,9-10,12-13,18,21,26-29,36H,6-8,11,14-17,19-20H2,1-2H3,(H,35,40)(H,37,41)/t26-,27-,28+,29+/m1/s1. The Kier molecular flexibility index (Phi) is 9.75. The van der Waals surface area contributed by atoms with Crippen LogP contribution < -0.4 is 16.0 Å². The molecule has 230 valence electrons. The van der Waals surface area contributed by atoms with Gasteiger partial charge in [0, 0.05) is 31.7 Å². The molecule has 0 aliphatic carbocycles. The molecule has 0 aromatic heterocycles. The summed E-state index contributed by atoms with van der Waals surface area (Å²) >= 11 is 0. The Labute approximate surface area is 252 Å². The van der Waals surface area contributed by atoms with Gasteiger partial charge < -0.3 is 20.4 Å². The number of amides is 4. The molecule has 3 heterocycles.